The maximum absolute atomic E-state index is 11.7. The summed E-state index contributed by atoms with van der Waals surface area (Å²) in [7, 11) is 0. The lowest BCUT2D eigenvalue weighted by atomic mass is 10.1. The molecule has 154 valence electrons. The molecule has 0 aliphatic heterocycles. The van der Waals surface area contributed by atoms with Gasteiger partial charge in [-0.15, -0.1) is 0 Å². The van der Waals surface area contributed by atoms with E-state index in [1.54, 1.807) is 12.1 Å². The number of nitrogens with one attached hydrogen (secondary N) is 2. The quantitative estimate of drug-likeness (QED) is 0.271. The molecule has 0 atom stereocenters. The number of hydrogen-bond acceptors (Lipinski definition) is 7. The highest BCUT2D eigenvalue weighted by atomic mass is 16.6. The largest absolute Gasteiger partial charge is 0.482 e. The van der Waals surface area contributed by atoms with Crippen molar-refractivity contribution in [3.8, 4) is 5.75 Å². The minimum absolute atomic E-state index is 0.00667. The SMILES string of the molecule is Cc1ccc(C)c(OCC(=O)OCC(=O)NCCNc2ccc([N+](=O)[O-])cc2)c1. The second-order valence-electron chi connectivity index (χ2n) is 6.30. The Morgan fingerprint density at radius 1 is 1.03 bits per heavy atom. The van der Waals surface area contributed by atoms with E-state index in [1.807, 2.05) is 32.0 Å². The number of nitro groups is 1. The van der Waals surface area contributed by atoms with Crippen molar-refractivity contribution in [1.82, 2.24) is 5.32 Å². The number of benzene rings is 2. The Balaban J connectivity index is 1.60. The molecule has 0 aromatic heterocycles. The van der Waals surface area contributed by atoms with Gasteiger partial charge in [0.15, 0.2) is 13.2 Å². The molecule has 0 fully saturated rings. The minimum atomic E-state index is -0.634. The number of nitrogens with zero attached hydrogens (tertiary/aromatic N) is 1. The molecule has 9 nitrogen and oxygen atoms in total. The summed E-state index contributed by atoms with van der Waals surface area (Å²) in [5, 5.41) is 16.2. The van der Waals surface area contributed by atoms with Crippen LogP contribution in [0.3, 0.4) is 0 Å². The zero-order valence-electron chi connectivity index (χ0n) is 16.3. The van der Waals surface area contributed by atoms with Crippen molar-refractivity contribution >= 4 is 23.3 Å². The predicted molar refractivity (Wildman–Crippen MR) is 107 cm³/mol. The molecule has 0 bridgehead atoms. The molecule has 0 spiro atoms. The number of carbonyl (C=O) groups is 2. The van der Waals surface area contributed by atoms with Gasteiger partial charge in [0.2, 0.25) is 0 Å². The number of nitro benzene ring substituents is 1. The van der Waals surface area contributed by atoms with Crippen LogP contribution in [0.2, 0.25) is 0 Å². The van der Waals surface area contributed by atoms with E-state index in [9.17, 15) is 19.7 Å². The number of carbonyl (C=O) groups excluding carboxylic acids is 2. The number of non-ortho nitro benzene ring substituents is 1. The Morgan fingerprint density at radius 3 is 2.45 bits per heavy atom. The van der Waals surface area contributed by atoms with E-state index in [4.69, 9.17) is 9.47 Å². The lowest BCUT2D eigenvalue weighted by molar-refractivity contribution is -0.384. The molecule has 0 unspecified atom stereocenters. The Hall–Kier alpha value is -3.62. The molecule has 2 rings (SSSR count). The van der Waals surface area contributed by atoms with Crippen molar-refractivity contribution in [3.63, 3.8) is 0 Å². The number of rotatable bonds is 10. The minimum Gasteiger partial charge on any atom is -0.482 e. The van der Waals surface area contributed by atoms with E-state index in [2.05, 4.69) is 10.6 Å². The fourth-order valence-electron chi connectivity index (χ4n) is 2.35. The monoisotopic (exact) mass is 401 g/mol. The van der Waals surface area contributed by atoms with Crippen LogP contribution in [0.15, 0.2) is 42.5 Å². The van der Waals surface area contributed by atoms with E-state index in [0.717, 1.165) is 11.1 Å². The first-order chi connectivity index (χ1) is 13.8. The molecular weight excluding hydrogens is 378 g/mol. The van der Waals surface area contributed by atoms with Gasteiger partial charge in [-0.1, -0.05) is 12.1 Å². The van der Waals surface area contributed by atoms with Crippen LogP contribution >= 0.6 is 0 Å². The Kier molecular flexibility index (Phi) is 7.96. The Bertz CT molecular complexity index is 867. The van der Waals surface area contributed by atoms with Crippen LogP contribution in [0.5, 0.6) is 5.75 Å². The normalized spacial score (nSPS) is 10.1. The van der Waals surface area contributed by atoms with Gasteiger partial charge in [0, 0.05) is 30.9 Å². The molecule has 1 amide bonds. The van der Waals surface area contributed by atoms with Crippen LogP contribution in [0.25, 0.3) is 0 Å². The van der Waals surface area contributed by atoms with Crippen molar-refractivity contribution in [1.29, 1.82) is 0 Å². The molecule has 0 radical (unpaired) electrons. The van der Waals surface area contributed by atoms with Crippen molar-refractivity contribution < 1.29 is 24.0 Å². The molecule has 2 aromatic rings. The highest BCUT2D eigenvalue weighted by Gasteiger charge is 2.09. The molecule has 0 saturated heterocycles. The molecular formula is C20H23N3O6. The van der Waals surface area contributed by atoms with Crippen molar-refractivity contribution in [2.45, 2.75) is 13.8 Å². The van der Waals surface area contributed by atoms with E-state index in [-0.39, 0.29) is 12.3 Å². The number of esters is 1. The lowest BCUT2D eigenvalue weighted by Gasteiger charge is -2.10. The molecule has 0 aliphatic carbocycles. The Morgan fingerprint density at radius 2 is 1.76 bits per heavy atom. The topological polar surface area (TPSA) is 120 Å². The van der Waals surface area contributed by atoms with Crippen LogP contribution in [0.1, 0.15) is 11.1 Å². The van der Waals surface area contributed by atoms with Crippen LogP contribution in [-0.4, -0.2) is 43.1 Å². The number of anilines is 1. The van der Waals surface area contributed by atoms with Crippen LogP contribution in [-0.2, 0) is 14.3 Å². The first-order valence-electron chi connectivity index (χ1n) is 8.96. The summed E-state index contributed by atoms with van der Waals surface area (Å²) < 4.78 is 10.3. The number of aryl methyl sites for hydroxylation is 2. The van der Waals surface area contributed by atoms with Crippen molar-refractivity contribution in [2.75, 3.05) is 31.6 Å². The summed E-state index contributed by atoms with van der Waals surface area (Å²) in [5.41, 5.74) is 2.62. The summed E-state index contributed by atoms with van der Waals surface area (Å²) in [4.78, 5) is 33.6. The smallest absolute Gasteiger partial charge is 0.344 e. The van der Waals surface area contributed by atoms with E-state index >= 15 is 0 Å². The molecule has 0 saturated carbocycles. The maximum atomic E-state index is 11.7. The van der Waals surface area contributed by atoms with E-state index in [1.165, 1.54) is 12.1 Å². The van der Waals surface area contributed by atoms with Crippen LogP contribution in [0.4, 0.5) is 11.4 Å². The molecule has 2 N–H and O–H groups in total. The van der Waals surface area contributed by atoms with E-state index in [0.29, 0.717) is 24.5 Å². The van der Waals surface area contributed by atoms with Crippen molar-refractivity contribution in [2.24, 2.45) is 0 Å². The average molecular weight is 401 g/mol. The molecule has 0 aliphatic rings. The summed E-state index contributed by atoms with van der Waals surface area (Å²) in [6.45, 7) is 3.83. The summed E-state index contributed by atoms with van der Waals surface area (Å²) in [6, 6.07) is 11.6. The summed E-state index contributed by atoms with van der Waals surface area (Å²) in [6.07, 6.45) is 0. The summed E-state index contributed by atoms with van der Waals surface area (Å²) >= 11 is 0. The van der Waals surface area contributed by atoms with Gasteiger partial charge in [-0.25, -0.2) is 4.79 Å². The standard InChI is InChI=1S/C20H23N3O6/c1-14-3-4-15(2)18(11-14)28-13-20(25)29-12-19(24)22-10-9-21-16-5-7-17(8-6-16)23(26)27/h3-8,11,21H,9-10,12-13H2,1-2H3,(H,22,24). The van der Waals surface area contributed by atoms with Gasteiger partial charge < -0.3 is 20.1 Å². The van der Waals surface area contributed by atoms with Gasteiger partial charge >= 0.3 is 5.97 Å². The second kappa shape index (κ2) is 10.6. The zero-order chi connectivity index (χ0) is 21.2. The molecule has 29 heavy (non-hydrogen) atoms. The Labute approximate surface area is 168 Å². The highest BCUT2D eigenvalue weighted by Crippen LogP contribution is 2.19. The molecule has 0 heterocycles. The highest BCUT2D eigenvalue weighted by molar-refractivity contribution is 5.80. The lowest BCUT2D eigenvalue weighted by Crippen LogP contribution is -2.33. The van der Waals surface area contributed by atoms with Gasteiger partial charge in [-0.2, -0.15) is 0 Å². The average Bonchev–Trinajstić information content (AvgIpc) is 2.70. The van der Waals surface area contributed by atoms with Gasteiger partial charge in [-0.05, 0) is 43.2 Å². The third kappa shape index (κ3) is 7.49. The molecule has 2 aromatic carbocycles. The van der Waals surface area contributed by atoms with Gasteiger partial charge in [0.25, 0.3) is 11.6 Å². The number of hydrogen-bond donors (Lipinski definition) is 2. The third-order valence-corrected chi connectivity index (χ3v) is 3.91. The van der Waals surface area contributed by atoms with Crippen molar-refractivity contribution in [3.05, 3.63) is 63.7 Å². The maximum Gasteiger partial charge on any atom is 0.344 e. The first-order valence-corrected chi connectivity index (χ1v) is 8.96. The van der Waals surface area contributed by atoms with Gasteiger partial charge in [0.05, 0.1) is 4.92 Å². The number of ether oxygens (including phenoxy) is 2. The van der Waals surface area contributed by atoms with Crippen LogP contribution < -0.4 is 15.4 Å². The number of amides is 1. The zero-order valence-corrected chi connectivity index (χ0v) is 16.3. The second-order valence-corrected chi connectivity index (χ2v) is 6.30. The molecule has 9 heteroatoms. The van der Waals surface area contributed by atoms with Gasteiger partial charge in [0.1, 0.15) is 5.75 Å². The fourth-order valence-corrected chi connectivity index (χ4v) is 2.35. The fraction of sp³-hybridized carbons (Fsp3) is 0.300. The van der Waals surface area contributed by atoms with Crippen LogP contribution in [0, 0.1) is 24.0 Å². The predicted octanol–water partition coefficient (Wildman–Crippen LogP) is 2.36. The third-order valence-electron chi connectivity index (χ3n) is 3.91. The first kappa shape index (κ1) is 21.7. The van der Waals surface area contributed by atoms with Gasteiger partial charge in [-0.3, -0.25) is 14.9 Å². The summed E-state index contributed by atoms with van der Waals surface area (Å²) in [5.74, 6) is -0.468. The van der Waals surface area contributed by atoms with E-state index < -0.39 is 23.4 Å².